The van der Waals surface area contributed by atoms with Crippen LogP contribution in [0, 0.1) is 0 Å². The van der Waals surface area contributed by atoms with Gasteiger partial charge in [-0.05, 0) is 31.5 Å². The zero-order chi connectivity index (χ0) is 14.6. The number of methoxy groups -OCH3 is 1. The third kappa shape index (κ3) is 3.93. The van der Waals surface area contributed by atoms with E-state index >= 15 is 0 Å². The Morgan fingerprint density at radius 1 is 1.26 bits per heavy atom. The molecule has 0 heterocycles. The average Bonchev–Trinajstić information content (AvgIpc) is 2.37. The molecule has 0 aliphatic heterocycles. The highest BCUT2D eigenvalue weighted by Gasteiger charge is 2.29. The molecule has 2 atom stereocenters. The highest BCUT2D eigenvalue weighted by atomic mass is 32.2. The second kappa shape index (κ2) is 6.03. The number of carboxylic acids is 1. The third-order valence-corrected chi connectivity index (χ3v) is 4.58. The Labute approximate surface area is 112 Å². The van der Waals surface area contributed by atoms with Crippen LogP contribution in [0.4, 0.5) is 0 Å². The van der Waals surface area contributed by atoms with Crippen LogP contribution in [0.25, 0.3) is 0 Å². The molecule has 106 valence electrons. The molecule has 1 aromatic rings. The van der Waals surface area contributed by atoms with Gasteiger partial charge in [-0.3, -0.25) is 4.79 Å². The molecule has 0 spiro atoms. The molecule has 0 amide bonds. The van der Waals surface area contributed by atoms with Crippen molar-refractivity contribution in [3.8, 4) is 5.75 Å². The fraction of sp³-hybridized carbons (Fsp3) is 0.417. The monoisotopic (exact) mass is 287 g/mol. The summed E-state index contributed by atoms with van der Waals surface area (Å²) in [6, 6.07) is 6.34. The summed E-state index contributed by atoms with van der Waals surface area (Å²) in [5.41, 5.74) is 0.724. The summed E-state index contributed by atoms with van der Waals surface area (Å²) in [6.07, 6.45) is 0. The number of nitrogens with one attached hydrogen (secondary N) is 1. The van der Waals surface area contributed by atoms with E-state index in [0.29, 0.717) is 5.75 Å². The lowest BCUT2D eigenvalue weighted by Gasteiger charge is -2.17. The fourth-order valence-corrected chi connectivity index (χ4v) is 2.54. The second-order valence-corrected chi connectivity index (χ2v) is 6.17. The Morgan fingerprint density at radius 3 is 2.21 bits per heavy atom. The van der Waals surface area contributed by atoms with Crippen LogP contribution in [0.2, 0.25) is 0 Å². The van der Waals surface area contributed by atoms with E-state index in [1.165, 1.54) is 7.11 Å². The number of carbonyl (C=O) groups is 1. The van der Waals surface area contributed by atoms with Crippen LogP contribution in [-0.4, -0.2) is 31.9 Å². The van der Waals surface area contributed by atoms with E-state index in [4.69, 9.17) is 9.84 Å². The lowest BCUT2D eigenvalue weighted by molar-refractivity contribution is -0.136. The predicted molar refractivity (Wildman–Crippen MR) is 70.6 cm³/mol. The lowest BCUT2D eigenvalue weighted by atomic mass is 10.1. The number of carboxylic acid groups (broad SMARTS) is 1. The van der Waals surface area contributed by atoms with Gasteiger partial charge in [0.2, 0.25) is 10.0 Å². The average molecular weight is 287 g/mol. The van der Waals surface area contributed by atoms with Gasteiger partial charge in [-0.1, -0.05) is 12.1 Å². The van der Waals surface area contributed by atoms with Crippen LogP contribution in [0.5, 0.6) is 5.75 Å². The van der Waals surface area contributed by atoms with Crippen molar-refractivity contribution in [1.29, 1.82) is 0 Å². The maximum Gasteiger partial charge on any atom is 0.323 e. The van der Waals surface area contributed by atoms with E-state index in [2.05, 4.69) is 4.72 Å². The van der Waals surface area contributed by atoms with Crippen molar-refractivity contribution in [2.75, 3.05) is 7.11 Å². The number of aliphatic carboxylic acids is 1. The Bertz CT molecular complexity index is 538. The number of hydrogen-bond donors (Lipinski definition) is 2. The zero-order valence-corrected chi connectivity index (χ0v) is 11.8. The lowest BCUT2D eigenvalue weighted by Crippen LogP contribution is -2.38. The Kier molecular flexibility index (Phi) is 4.90. The van der Waals surface area contributed by atoms with Crippen molar-refractivity contribution in [1.82, 2.24) is 4.72 Å². The normalized spacial score (nSPS) is 14.7. The van der Waals surface area contributed by atoms with Gasteiger partial charge in [0.1, 0.15) is 5.75 Å². The Hall–Kier alpha value is -1.60. The van der Waals surface area contributed by atoms with Crippen LogP contribution in [0.15, 0.2) is 24.3 Å². The Balaban J connectivity index is 2.84. The minimum atomic E-state index is -3.90. The summed E-state index contributed by atoms with van der Waals surface area (Å²) in [5.74, 6) is -0.716. The summed E-state index contributed by atoms with van der Waals surface area (Å²) in [7, 11) is -2.37. The predicted octanol–water partition coefficient (Wildman–Crippen LogP) is 1.15. The van der Waals surface area contributed by atoms with Crippen LogP contribution in [-0.2, 0) is 14.8 Å². The maximum absolute atomic E-state index is 11.8. The van der Waals surface area contributed by atoms with Crippen LogP contribution < -0.4 is 9.46 Å². The molecule has 0 aliphatic carbocycles. The van der Waals surface area contributed by atoms with E-state index in [9.17, 15) is 13.2 Å². The van der Waals surface area contributed by atoms with Gasteiger partial charge < -0.3 is 9.84 Å². The molecule has 0 aliphatic rings. The standard InChI is InChI=1S/C12H17NO5S/c1-8(10-4-6-11(18-3)7-5-10)13-19(16,17)9(2)12(14)15/h4-9,13H,1-3H3,(H,14,15). The third-order valence-electron chi connectivity index (χ3n) is 2.77. The van der Waals surface area contributed by atoms with E-state index in [-0.39, 0.29) is 0 Å². The molecular formula is C12H17NO5S. The van der Waals surface area contributed by atoms with Gasteiger partial charge in [0, 0.05) is 6.04 Å². The minimum Gasteiger partial charge on any atom is -0.497 e. The van der Waals surface area contributed by atoms with E-state index in [1.807, 2.05) is 0 Å². The molecule has 0 fully saturated rings. The number of ether oxygens (including phenoxy) is 1. The highest BCUT2D eigenvalue weighted by molar-refractivity contribution is 7.90. The van der Waals surface area contributed by atoms with Crippen molar-refractivity contribution in [2.24, 2.45) is 0 Å². The highest BCUT2D eigenvalue weighted by Crippen LogP contribution is 2.18. The first kappa shape index (κ1) is 15.5. The summed E-state index contributed by atoms with van der Waals surface area (Å²) in [4.78, 5) is 10.7. The summed E-state index contributed by atoms with van der Waals surface area (Å²) in [5, 5.41) is 7.24. The molecule has 6 nitrogen and oxygen atoms in total. The van der Waals surface area contributed by atoms with Crippen molar-refractivity contribution >= 4 is 16.0 Å². The molecule has 0 aromatic heterocycles. The smallest absolute Gasteiger partial charge is 0.323 e. The van der Waals surface area contributed by atoms with E-state index < -0.39 is 27.3 Å². The van der Waals surface area contributed by atoms with Crippen molar-refractivity contribution in [3.05, 3.63) is 29.8 Å². The summed E-state index contributed by atoms with van der Waals surface area (Å²) in [6.45, 7) is 2.78. The van der Waals surface area contributed by atoms with Gasteiger partial charge in [-0.15, -0.1) is 0 Å². The fourth-order valence-electron chi connectivity index (χ4n) is 1.44. The van der Waals surface area contributed by atoms with Crippen molar-refractivity contribution in [2.45, 2.75) is 25.1 Å². The molecule has 2 N–H and O–H groups in total. The molecule has 0 saturated carbocycles. The molecule has 0 bridgehead atoms. The molecule has 19 heavy (non-hydrogen) atoms. The molecule has 1 aromatic carbocycles. The van der Waals surface area contributed by atoms with Crippen LogP contribution in [0.1, 0.15) is 25.5 Å². The molecular weight excluding hydrogens is 270 g/mol. The molecule has 7 heteroatoms. The van der Waals surface area contributed by atoms with E-state index in [0.717, 1.165) is 12.5 Å². The molecule has 0 saturated heterocycles. The van der Waals surface area contributed by atoms with Crippen LogP contribution >= 0.6 is 0 Å². The van der Waals surface area contributed by atoms with Gasteiger partial charge in [-0.25, -0.2) is 13.1 Å². The number of sulfonamides is 1. The summed E-state index contributed by atoms with van der Waals surface area (Å²) >= 11 is 0. The quantitative estimate of drug-likeness (QED) is 0.818. The van der Waals surface area contributed by atoms with Crippen LogP contribution in [0.3, 0.4) is 0 Å². The topological polar surface area (TPSA) is 92.7 Å². The molecule has 0 radical (unpaired) electrons. The number of benzene rings is 1. The van der Waals surface area contributed by atoms with Gasteiger partial charge in [-0.2, -0.15) is 0 Å². The van der Waals surface area contributed by atoms with E-state index in [1.54, 1.807) is 31.2 Å². The largest absolute Gasteiger partial charge is 0.497 e. The van der Waals surface area contributed by atoms with Gasteiger partial charge in [0.15, 0.2) is 5.25 Å². The zero-order valence-electron chi connectivity index (χ0n) is 11.0. The molecule has 2 unspecified atom stereocenters. The molecule has 1 rings (SSSR count). The SMILES string of the molecule is COc1ccc(C(C)NS(=O)(=O)C(C)C(=O)O)cc1. The maximum atomic E-state index is 11.8. The summed E-state index contributed by atoms with van der Waals surface area (Å²) < 4.78 is 30.9. The second-order valence-electron chi connectivity index (χ2n) is 4.14. The first-order valence-electron chi connectivity index (χ1n) is 5.66. The van der Waals surface area contributed by atoms with Gasteiger partial charge in [0.05, 0.1) is 7.11 Å². The van der Waals surface area contributed by atoms with Gasteiger partial charge >= 0.3 is 5.97 Å². The first-order chi connectivity index (χ1) is 8.77. The number of rotatable bonds is 6. The van der Waals surface area contributed by atoms with Crippen molar-refractivity contribution in [3.63, 3.8) is 0 Å². The number of hydrogen-bond acceptors (Lipinski definition) is 4. The first-order valence-corrected chi connectivity index (χ1v) is 7.20. The van der Waals surface area contributed by atoms with Gasteiger partial charge in [0.25, 0.3) is 0 Å². The minimum absolute atomic E-state index is 0.516. The van der Waals surface area contributed by atoms with Crippen molar-refractivity contribution < 1.29 is 23.1 Å². The Morgan fingerprint density at radius 2 is 1.79 bits per heavy atom.